The normalized spacial score (nSPS) is 10.5. The molecular formula is C8H5N3O5. The van der Waals surface area contributed by atoms with Crippen molar-refractivity contribution in [2.75, 3.05) is 0 Å². The molecule has 1 aromatic heterocycles. The summed E-state index contributed by atoms with van der Waals surface area (Å²) in [4.78, 5) is 22.1. The largest absolute Gasteiger partial charge is 0.495 e. The molecule has 0 fully saturated rings. The number of H-pyrrole nitrogens is 1. The van der Waals surface area contributed by atoms with E-state index in [1.165, 1.54) is 6.07 Å². The SMILES string of the molecule is O=[N+]([O-])c1cc([N+](=O)[O-])c2[nH]c(O)cc2c1. The molecule has 0 radical (unpaired) electrons. The summed E-state index contributed by atoms with van der Waals surface area (Å²) < 4.78 is 0. The van der Waals surface area contributed by atoms with Gasteiger partial charge in [-0.05, 0) is 0 Å². The van der Waals surface area contributed by atoms with Crippen LogP contribution in [0.2, 0.25) is 0 Å². The van der Waals surface area contributed by atoms with Crippen molar-refractivity contribution < 1.29 is 15.0 Å². The minimum atomic E-state index is -0.745. The number of hydrogen-bond acceptors (Lipinski definition) is 5. The lowest BCUT2D eigenvalue weighted by Crippen LogP contribution is -1.93. The zero-order chi connectivity index (χ0) is 11.9. The van der Waals surface area contributed by atoms with E-state index < -0.39 is 21.2 Å². The van der Waals surface area contributed by atoms with Crippen LogP contribution in [0.1, 0.15) is 0 Å². The Labute approximate surface area is 87.4 Å². The Hall–Kier alpha value is -2.64. The Balaban J connectivity index is 2.83. The molecule has 0 aliphatic carbocycles. The summed E-state index contributed by atoms with van der Waals surface area (Å²) in [5.41, 5.74) is -0.768. The first-order chi connectivity index (χ1) is 7.49. The van der Waals surface area contributed by atoms with Crippen molar-refractivity contribution in [3.05, 3.63) is 38.4 Å². The number of rotatable bonds is 2. The van der Waals surface area contributed by atoms with Crippen LogP contribution in [0, 0.1) is 20.2 Å². The predicted octanol–water partition coefficient (Wildman–Crippen LogP) is 1.69. The number of nitro groups is 2. The van der Waals surface area contributed by atoms with E-state index in [-0.39, 0.29) is 16.8 Å². The number of nitro benzene ring substituents is 2. The summed E-state index contributed by atoms with van der Waals surface area (Å²) in [6.07, 6.45) is 0. The van der Waals surface area contributed by atoms with E-state index in [0.717, 1.165) is 12.1 Å². The van der Waals surface area contributed by atoms with Gasteiger partial charge in [0.2, 0.25) is 0 Å². The fourth-order valence-electron chi connectivity index (χ4n) is 1.44. The Morgan fingerprint density at radius 1 is 1.12 bits per heavy atom. The monoisotopic (exact) mass is 223 g/mol. The van der Waals surface area contributed by atoms with Gasteiger partial charge in [-0.15, -0.1) is 0 Å². The maximum atomic E-state index is 10.7. The number of nitrogens with zero attached hydrogens (tertiary/aromatic N) is 2. The van der Waals surface area contributed by atoms with E-state index in [0.29, 0.717) is 0 Å². The average Bonchev–Trinajstić information content (AvgIpc) is 2.55. The van der Waals surface area contributed by atoms with Gasteiger partial charge in [-0.1, -0.05) is 0 Å². The third-order valence-corrected chi connectivity index (χ3v) is 2.09. The predicted molar refractivity (Wildman–Crippen MR) is 53.3 cm³/mol. The maximum absolute atomic E-state index is 10.7. The van der Waals surface area contributed by atoms with Crippen LogP contribution >= 0.6 is 0 Å². The Morgan fingerprint density at radius 2 is 1.81 bits per heavy atom. The van der Waals surface area contributed by atoms with E-state index >= 15 is 0 Å². The van der Waals surface area contributed by atoms with E-state index in [4.69, 9.17) is 5.11 Å². The molecule has 8 nitrogen and oxygen atoms in total. The molecule has 82 valence electrons. The lowest BCUT2D eigenvalue weighted by molar-refractivity contribution is -0.393. The summed E-state index contributed by atoms with van der Waals surface area (Å²) in [6, 6.07) is 3.19. The Bertz CT molecular complexity index is 603. The number of nitrogens with one attached hydrogen (secondary N) is 1. The van der Waals surface area contributed by atoms with Gasteiger partial charge >= 0.3 is 0 Å². The average molecular weight is 223 g/mol. The lowest BCUT2D eigenvalue weighted by atomic mass is 10.2. The Morgan fingerprint density at radius 3 is 2.38 bits per heavy atom. The van der Waals surface area contributed by atoms with Gasteiger partial charge in [0, 0.05) is 17.5 Å². The molecule has 0 saturated heterocycles. The fraction of sp³-hybridized carbons (Fsp3) is 0. The summed E-state index contributed by atoms with van der Waals surface area (Å²) in [5, 5.41) is 30.6. The van der Waals surface area contributed by atoms with Crippen molar-refractivity contribution in [3.8, 4) is 5.88 Å². The number of non-ortho nitro benzene ring substituents is 2. The fourth-order valence-corrected chi connectivity index (χ4v) is 1.44. The van der Waals surface area contributed by atoms with Crippen LogP contribution in [0.4, 0.5) is 11.4 Å². The van der Waals surface area contributed by atoms with Crippen LogP contribution in [-0.2, 0) is 0 Å². The van der Waals surface area contributed by atoms with Crippen molar-refractivity contribution in [2.45, 2.75) is 0 Å². The minimum Gasteiger partial charge on any atom is -0.495 e. The lowest BCUT2D eigenvalue weighted by Gasteiger charge is -1.94. The molecule has 0 saturated carbocycles. The van der Waals surface area contributed by atoms with Crippen LogP contribution in [0.5, 0.6) is 5.88 Å². The molecule has 0 atom stereocenters. The van der Waals surface area contributed by atoms with Crippen LogP contribution in [0.25, 0.3) is 10.9 Å². The highest BCUT2D eigenvalue weighted by molar-refractivity contribution is 5.91. The smallest absolute Gasteiger partial charge is 0.300 e. The van der Waals surface area contributed by atoms with Crippen molar-refractivity contribution in [3.63, 3.8) is 0 Å². The number of hydrogen-bond donors (Lipinski definition) is 2. The van der Waals surface area contributed by atoms with Crippen molar-refractivity contribution in [1.82, 2.24) is 4.98 Å². The summed E-state index contributed by atoms with van der Waals surface area (Å²) in [7, 11) is 0. The van der Waals surface area contributed by atoms with Crippen LogP contribution in [0.3, 0.4) is 0 Å². The number of fused-ring (bicyclic) bond motifs is 1. The molecule has 0 aliphatic rings. The first-order valence-electron chi connectivity index (χ1n) is 4.13. The topological polar surface area (TPSA) is 122 Å². The number of aromatic nitrogens is 1. The van der Waals surface area contributed by atoms with E-state index in [1.54, 1.807) is 0 Å². The van der Waals surface area contributed by atoms with Gasteiger partial charge in [0.15, 0.2) is 5.88 Å². The standard InChI is InChI=1S/C8H5N3O5/c12-7-2-4-1-5(10(13)14)3-6(11(15)16)8(4)9-7/h1-3,9,12H. The minimum absolute atomic E-state index is 0.0631. The zero-order valence-electron chi connectivity index (χ0n) is 7.71. The molecule has 8 heteroatoms. The molecule has 1 aromatic carbocycles. The highest BCUT2D eigenvalue weighted by atomic mass is 16.6. The van der Waals surface area contributed by atoms with Gasteiger partial charge in [-0.3, -0.25) is 20.2 Å². The van der Waals surface area contributed by atoms with Gasteiger partial charge in [0.25, 0.3) is 11.4 Å². The van der Waals surface area contributed by atoms with Gasteiger partial charge in [0.1, 0.15) is 5.52 Å². The molecule has 0 amide bonds. The van der Waals surface area contributed by atoms with Crippen LogP contribution < -0.4 is 0 Å². The zero-order valence-corrected chi connectivity index (χ0v) is 7.71. The number of benzene rings is 1. The van der Waals surface area contributed by atoms with Crippen molar-refractivity contribution >= 4 is 22.3 Å². The summed E-state index contributed by atoms with van der Waals surface area (Å²) >= 11 is 0. The molecule has 0 spiro atoms. The summed E-state index contributed by atoms with van der Waals surface area (Å²) in [5.74, 6) is -0.279. The number of aromatic hydroxyl groups is 1. The highest BCUT2D eigenvalue weighted by Crippen LogP contribution is 2.32. The number of aromatic amines is 1. The van der Waals surface area contributed by atoms with Gasteiger partial charge in [0.05, 0.1) is 15.9 Å². The second-order valence-corrected chi connectivity index (χ2v) is 3.10. The van der Waals surface area contributed by atoms with Crippen LogP contribution in [0.15, 0.2) is 18.2 Å². The Kier molecular flexibility index (Phi) is 1.97. The van der Waals surface area contributed by atoms with Crippen molar-refractivity contribution in [1.29, 1.82) is 0 Å². The van der Waals surface area contributed by atoms with E-state index in [2.05, 4.69) is 4.98 Å². The molecular weight excluding hydrogens is 218 g/mol. The molecule has 2 aromatic rings. The first kappa shape index (κ1) is 9.90. The third-order valence-electron chi connectivity index (χ3n) is 2.09. The van der Waals surface area contributed by atoms with Crippen LogP contribution in [-0.4, -0.2) is 19.9 Å². The molecule has 1 heterocycles. The highest BCUT2D eigenvalue weighted by Gasteiger charge is 2.20. The molecule has 0 unspecified atom stereocenters. The van der Waals surface area contributed by atoms with E-state index in [9.17, 15) is 20.2 Å². The second kappa shape index (κ2) is 3.19. The second-order valence-electron chi connectivity index (χ2n) is 3.10. The third kappa shape index (κ3) is 1.41. The quantitative estimate of drug-likeness (QED) is 0.592. The molecule has 0 aliphatic heterocycles. The molecule has 0 bridgehead atoms. The molecule has 2 N–H and O–H groups in total. The van der Waals surface area contributed by atoms with Crippen molar-refractivity contribution in [2.24, 2.45) is 0 Å². The maximum Gasteiger partial charge on any atom is 0.300 e. The van der Waals surface area contributed by atoms with Gasteiger partial charge in [-0.2, -0.15) is 0 Å². The van der Waals surface area contributed by atoms with Gasteiger partial charge < -0.3 is 10.1 Å². The van der Waals surface area contributed by atoms with Gasteiger partial charge in [-0.25, -0.2) is 0 Å². The first-order valence-corrected chi connectivity index (χ1v) is 4.13. The molecule has 2 rings (SSSR count). The summed E-state index contributed by atoms with van der Waals surface area (Å²) in [6.45, 7) is 0. The van der Waals surface area contributed by atoms with E-state index in [1.807, 2.05) is 0 Å². The molecule has 16 heavy (non-hydrogen) atoms.